The van der Waals surface area contributed by atoms with Gasteiger partial charge >= 0.3 is 0 Å². The summed E-state index contributed by atoms with van der Waals surface area (Å²) in [4.78, 5) is 4.50. The van der Waals surface area contributed by atoms with Gasteiger partial charge in [-0.25, -0.2) is 4.39 Å². The summed E-state index contributed by atoms with van der Waals surface area (Å²) >= 11 is 12.0. The number of hydrogen-bond donors (Lipinski definition) is 1. The molecule has 2 rings (SSSR count). The lowest BCUT2D eigenvalue weighted by Crippen LogP contribution is -2.07. The molecule has 1 aromatic carbocycles. The Morgan fingerprint density at radius 2 is 2.00 bits per heavy atom. The van der Waals surface area contributed by atoms with Crippen LogP contribution in [0.3, 0.4) is 0 Å². The van der Waals surface area contributed by atoms with Gasteiger partial charge in [0.15, 0.2) is 5.82 Å². The average Bonchev–Trinajstić information content (AvgIpc) is 2.41. The molecule has 0 spiro atoms. The van der Waals surface area contributed by atoms with Gasteiger partial charge in [0.2, 0.25) is 0 Å². The van der Waals surface area contributed by atoms with Crippen molar-refractivity contribution in [2.24, 2.45) is 0 Å². The molecule has 0 fully saturated rings. The zero-order valence-electron chi connectivity index (χ0n) is 11.8. The topological polar surface area (TPSA) is 24.9 Å². The fourth-order valence-corrected chi connectivity index (χ4v) is 2.91. The average molecular weight is 315 g/mol. The molecule has 0 aliphatic rings. The number of anilines is 1. The third-order valence-electron chi connectivity index (χ3n) is 3.32. The molecule has 20 heavy (non-hydrogen) atoms. The molecule has 0 saturated carbocycles. The SMILES string of the molecule is CCCNc1c(CC)c(C)nc2cc(Cl)c(F)c(Cl)c12. The molecule has 108 valence electrons. The van der Waals surface area contributed by atoms with Crippen LogP contribution >= 0.6 is 23.2 Å². The predicted octanol–water partition coefficient (Wildman–Crippen LogP) is 5.37. The van der Waals surface area contributed by atoms with Crippen molar-refractivity contribution in [3.05, 3.63) is 33.2 Å². The van der Waals surface area contributed by atoms with Crippen LogP contribution in [0.4, 0.5) is 10.1 Å². The largest absolute Gasteiger partial charge is 0.384 e. The highest BCUT2D eigenvalue weighted by atomic mass is 35.5. The fourth-order valence-electron chi connectivity index (χ4n) is 2.37. The maximum atomic E-state index is 14.0. The van der Waals surface area contributed by atoms with Crippen molar-refractivity contribution < 1.29 is 4.39 Å². The number of aryl methyl sites for hydroxylation is 1. The summed E-state index contributed by atoms with van der Waals surface area (Å²) in [5.41, 5.74) is 3.47. The summed E-state index contributed by atoms with van der Waals surface area (Å²) in [5, 5.41) is 4.00. The zero-order valence-corrected chi connectivity index (χ0v) is 13.3. The van der Waals surface area contributed by atoms with Crippen LogP contribution in [0, 0.1) is 12.7 Å². The Morgan fingerprint density at radius 3 is 2.60 bits per heavy atom. The zero-order chi connectivity index (χ0) is 14.9. The van der Waals surface area contributed by atoms with Crippen molar-refractivity contribution in [2.45, 2.75) is 33.6 Å². The number of halogens is 3. The van der Waals surface area contributed by atoms with Crippen LogP contribution in [-0.2, 0) is 6.42 Å². The van der Waals surface area contributed by atoms with Gasteiger partial charge in [-0.2, -0.15) is 0 Å². The summed E-state index contributed by atoms with van der Waals surface area (Å²) in [7, 11) is 0. The van der Waals surface area contributed by atoms with Crippen LogP contribution < -0.4 is 5.32 Å². The van der Waals surface area contributed by atoms with Gasteiger partial charge < -0.3 is 5.32 Å². The molecule has 0 bridgehead atoms. The fraction of sp³-hybridized carbons (Fsp3) is 0.400. The number of nitrogens with zero attached hydrogens (tertiary/aromatic N) is 1. The van der Waals surface area contributed by atoms with Gasteiger partial charge in [-0.15, -0.1) is 0 Å². The number of aromatic nitrogens is 1. The second kappa shape index (κ2) is 6.15. The van der Waals surface area contributed by atoms with E-state index in [9.17, 15) is 4.39 Å². The molecule has 0 saturated heterocycles. The van der Waals surface area contributed by atoms with Crippen molar-refractivity contribution >= 4 is 39.8 Å². The molecular formula is C15H17Cl2FN2. The number of rotatable bonds is 4. The number of pyridine rings is 1. The lowest BCUT2D eigenvalue weighted by molar-refractivity contribution is 0.630. The maximum absolute atomic E-state index is 14.0. The number of nitrogens with one attached hydrogen (secondary N) is 1. The van der Waals surface area contributed by atoms with Gasteiger partial charge in [0.1, 0.15) is 0 Å². The van der Waals surface area contributed by atoms with E-state index in [1.54, 1.807) is 0 Å². The van der Waals surface area contributed by atoms with Gasteiger partial charge in [-0.05, 0) is 31.4 Å². The van der Waals surface area contributed by atoms with E-state index in [0.717, 1.165) is 36.3 Å². The van der Waals surface area contributed by atoms with Crippen molar-refractivity contribution in [3.63, 3.8) is 0 Å². The van der Waals surface area contributed by atoms with E-state index in [1.165, 1.54) is 6.07 Å². The van der Waals surface area contributed by atoms with Crippen molar-refractivity contribution in [1.29, 1.82) is 0 Å². The van der Waals surface area contributed by atoms with Gasteiger partial charge in [-0.3, -0.25) is 4.98 Å². The third-order valence-corrected chi connectivity index (χ3v) is 3.95. The minimum atomic E-state index is -0.590. The third kappa shape index (κ3) is 2.57. The van der Waals surface area contributed by atoms with E-state index in [-0.39, 0.29) is 10.0 Å². The molecular weight excluding hydrogens is 298 g/mol. The molecule has 5 heteroatoms. The lowest BCUT2D eigenvalue weighted by Gasteiger charge is -2.17. The molecule has 2 nitrogen and oxygen atoms in total. The Kier molecular flexibility index (Phi) is 4.71. The molecule has 1 N–H and O–H groups in total. The summed E-state index contributed by atoms with van der Waals surface area (Å²) < 4.78 is 14.0. The smallest absolute Gasteiger partial charge is 0.161 e. The highest BCUT2D eigenvalue weighted by molar-refractivity contribution is 6.39. The molecule has 1 aromatic heterocycles. The van der Waals surface area contributed by atoms with E-state index in [4.69, 9.17) is 23.2 Å². The van der Waals surface area contributed by atoms with E-state index < -0.39 is 5.82 Å². The normalized spacial score (nSPS) is 11.1. The van der Waals surface area contributed by atoms with E-state index >= 15 is 0 Å². The highest BCUT2D eigenvalue weighted by Gasteiger charge is 2.18. The molecule has 0 aliphatic carbocycles. The second-order valence-electron chi connectivity index (χ2n) is 4.71. The van der Waals surface area contributed by atoms with E-state index in [2.05, 4.69) is 17.2 Å². The van der Waals surface area contributed by atoms with Crippen LogP contribution in [0.25, 0.3) is 10.9 Å². The van der Waals surface area contributed by atoms with E-state index in [0.29, 0.717) is 10.9 Å². The monoisotopic (exact) mass is 314 g/mol. The molecule has 0 unspecified atom stereocenters. The number of hydrogen-bond acceptors (Lipinski definition) is 2. The predicted molar refractivity (Wildman–Crippen MR) is 84.6 cm³/mol. The second-order valence-corrected chi connectivity index (χ2v) is 5.50. The van der Waals surface area contributed by atoms with Crippen molar-refractivity contribution in [2.75, 3.05) is 11.9 Å². The Labute approximate surface area is 128 Å². The van der Waals surface area contributed by atoms with Crippen LogP contribution in [0.1, 0.15) is 31.5 Å². The van der Waals surface area contributed by atoms with Gasteiger partial charge in [0.05, 0.1) is 21.2 Å². The molecule has 2 aromatic rings. The van der Waals surface area contributed by atoms with Crippen LogP contribution in [0.2, 0.25) is 10.0 Å². The highest BCUT2D eigenvalue weighted by Crippen LogP contribution is 2.38. The van der Waals surface area contributed by atoms with Crippen molar-refractivity contribution in [1.82, 2.24) is 4.98 Å². The molecule has 0 aliphatic heterocycles. The molecule has 0 radical (unpaired) electrons. The number of benzene rings is 1. The Balaban J connectivity index is 2.84. The summed E-state index contributed by atoms with van der Waals surface area (Å²) in [5.74, 6) is -0.590. The molecule has 1 heterocycles. The standard InChI is InChI=1S/C15H17Cl2FN2/c1-4-6-19-15-9(5-2)8(3)20-11-7-10(16)14(18)13(17)12(11)15/h7H,4-6H2,1-3H3,(H,19,20). The minimum Gasteiger partial charge on any atom is -0.384 e. The first-order valence-corrected chi connectivity index (χ1v) is 7.47. The first kappa shape index (κ1) is 15.3. The van der Waals surface area contributed by atoms with Crippen LogP contribution in [0.15, 0.2) is 6.07 Å². The van der Waals surface area contributed by atoms with Crippen LogP contribution in [-0.4, -0.2) is 11.5 Å². The summed E-state index contributed by atoms with van der Waals surface area (Å²) in [6.07, 6.45) is 1.78. The van der Waals surface area contributed by atoms with Crippen molar-refractivity contribution in [3.8, 4) is 0 Å². The summed E-state index contributed by atoms with van der Waals surface area (Å²) in [6.45, 7) is 6.87. The van der Waals surface area contributed by atoms with E-state index in [1.807, 2.05) is 13.8 Å². The Bertz CT molecular complexity index is 656. The van der Waals surface area contributed by atoms with Gasteiger partial charge in [0.25, 0.3) is 0 Å². The Hall–Kier alpha value is -1.06. The summed E-state index contributed by atoms with van der Waals surface area (Å²) in [6, 6.07) is 1.53. The molecule has 0 amide bonds. The molecule has 0 atom stereocenters. The first-order valence-electron chi connectivity index (χ1n) is 6.71. The maximum Gasteiger partial charge on any atom is 0.161 e. The lowest BCUT2D eigenvalue weighted by atomic mass is 10.0. The van der Waals surface area contributed by atoms with Gasteiger partial charge in [-0.1, -0.05) is 37.0 Å². The quantitative estimate of drug-likeness (QED) is 0.767. The Morgan fingerprint density at radius 1 is 1.30 bits per heavy atom. The van der Waals surface area contributed by atoms with Gasteiger partial charge in [0, 0.05) is 17.6 Å². The number of fused-ring (bicyclic) bond motifs is 1. The van der Waals surface area contributed by atoms with Crippen LogP contribution in [0.5, 0.6) is 0 Å². The minimum absolute atomic E-state index is 0.0000833. The first-order chi connectivity index (χ1) is 9.51.